The van der Waals surface area contributed by atoms with E-state index in [4.69, 9.17) is 4.98 Å². The van der Waals surface area contributed by atoms with Crippen LogP contribution >= 0.6 is 0 Å². The van der Waals surface area contributed by atoms with Crippen LogP contribution < -0.4 is 5.56 Å². The number of aromatic amines is 1. The molecule has 2 aliphatic heterocycles. The zero-order valence-electron chi connectivity index (χ0n) is 17.8. The lowest BCUT2D eigenvalue weighted by Gasteiger charge is -2.27. The summed E-state index contributed by atoms with van der Waals surface area (Å²) < 4.78 is 0. The van der Waals surface area contributed by atoms with Gasteiger partial charge in [0.15, 0.2) is 0 Å². The fourth-order valence-corrected chi connectivity index (χ4v) is 4.38. The second kappa shape index (κ2) is 8.05. The zero-order valence-corrected chi connectivity index (χ0v) is 17.8. The second-order valence-electron chi connectivity index (χ2n) is 8.47. The van der Waals surface area contributed by atoms with Crippen LogP contribution in [0.1, 0.15) is 60.3 Å². The van der Waals surface area contributed by atoms with Gasteiger partial charge in [-0.2, -0.15) is 0 Å². The number of fused-ring (bicyclic) bond motifs is 1. The molecule has 2 amide bonds. The number of nitrogens with one attached hydrogen (secondary N) is 1. The minimum atomic E-state index is -0.205. The molecule has 1 fully saturated rings. The van der Waals surface area contributed by atoms with Crippen LogP contribution in [0.15, 0.2) is 29.1 Å². The summed E-state index contributed by atoms with van der Waals surface area (Å²) >= 11 is 0. The molecule has 1 aromatic heterocycles. The molecule has 3 heterocycles. The molecule has 30 heavy (non-hydrogen) atoms. The molecular formula is C23H28N4O3. The van der Waals surface area contributed by atoms with Gasteiger partial charge in [-0.3, -0.25) is 14.4 Å². The maximum absolute atomic E-state index is 13.0. The van der Waals surface area contributed by atoms with Gasteiger partial charge in [0.1, 0.15) is 5.82 Å². The number of hydrogen-bond donors (Lipinski definition) is 1. The molecule has 7 nitrogen and oxygen atoms in total. The lowest BCUT2D eigenvalue weighted by molar-refractivity contribution is -0.131. The molecule has 1 N–H and O–H groups in total. The number of hydrogen-bond acceptors (Lipinski definition) is 4. The summed E-state index contributed by atoms with van der Waals surface area (Å²) in [5.74, 6) is 0.521. The van der Waals surface area contributed by atoms with Gasteiger partial charge in [-0.15, -0.1) is 0 Å². The highest BCUT2D eigenvalue weighted by Crippen LogP contribution is 2.28. The Morgan fingerprint density at radius 2 is 1.90 bits per heavy atom. The van der Waals surface area contributed by atoms with E-state index in [9.17, 15) is 14.4 Å². The molecule has 2 atom stereocenters. The number of carbonyl (C=O) groups is 2. The van der Waals surface area contributed by atoms with Crippen molar-refractivity contribution < 1.29 is 9.59 Å². The van der Waals surface area contributed by atoms with Crippen molar-refractivity contribution in [1.82, 2.24) is 19.8 Å². The normalized spacial score (nSPS) is 19.5. The first-order chi connectivity index (χ1) is 14.3. The van der Waals surface area contributed by atoms with Crippen LogP contribution in [-0.2, 0) is 22.6 Å². The molecule has 1 aromatic carbocycles. The maximum atomic E-state index is 13.0. The predicted molar refractivity (Wildman–Crippen MR) is 113 cm³/mol. The highest BCUT2D eigenvalue weighted by atomic mass is 16.2. The van der Waals surface area contributed by atoms with Gasteiger partial charge in [-0.05, 0) is 32.3 Å². The van der Waals surface area contributed by atoms with Crippen LogP contribution in [0.3, 0.4) is 0 Å². The van der Waals surface area contributed by atoms with E-state index < -0.39 is 0 Å². The fourth-order valence-electron chi connectivity index (χ4n) is 4.38. The first-order valence-corrected chi connectivity index (χ1v) is 10.6. The molecule has 0 aliphatic carbocycles. The topological polar surface area (TPSA) is 86.4 Å². The Balaban J connectivity index is 1.49. The molecule has 1 saturated heterocycles. The summed E-state index contributed by atoms with van der Waals surface area (Å²) in [4.78, 5) is 48.5. The minimum absolute atomic E-state index is 0.00451. The van der Waals surface area contributed by atoms with Crippen molar-refractivity contribution in [2.75, 3.05) is 19.6 Å². The largest absolute Gasteiger partial charge is 0.341 e. The minimum Gasteiger partial charge on any atom is -0.341 e. The third-order valence-corrected chi connectivity index (χ3v) is 6.37. The van der Waals surface area contributed by atoms with E-state index in [2.05, 4.69) is 4.98 Å². The third kappa shape index (κ3) is 3.88. The van der Waals surface area contributed by atoms with Crippen LogP contribution in [0.2, 0.25) is 0 Å². The van der Waals surface area contributed by atoms with Gasteiger partial charge < -0.3 is 14.8 Å². The van der Waals surface area contributed by atoms with E-state index >= 15 is 0 Å². The molecule has 4 rings (SSSR count). The van der Waals surface area contributed by atoms with Crippen LogP contribution in [0.4, 0.5) is 0 Å². The van der Waals surface area contributed by atoms with Gasteiger partial charge in [0.05, 0.1) is 18.2 Å². The van der Waals surface area contributed by atoms with Gasteiger partial charge in [0.2, 0.25) is 11.8 Å². The molecule has 2 aromatic rings. The number of benzene rings is 1. The van der Waals surface area contributed by atoms with Crippen molar-refractivity contribution >= 4 is 11.8 Å². The standard InChI is InChI=1S/C23H28N4O3/c1-14-4-6-17(7-5-14)15(2)23(30)27-10-8-18(12-27)21-24-20-13-26(16(3)28)11-9-19(20)22(29)25-21/h4-7,15,18H,8-13H2,1-3H3,(H,24,25,29). The summed E-state index contributed by atoms with van der Waals surface area (Å²) in [7, 11) is 0. The Morgan fingerprint density at radius 1 is 1.17 bits per heavy atom. The second-order valence-corrected chi connectivity index (χ2v) is 8.47. The Hall–Kier alpha value is -2.96. The molecule has 2 unspecified atom stereocenters. The molecule has 0 saturated carbocycles. The summed E-state index contributed by atoms with van der Waals surface area (Å²) in [6.45, 7) is 7.64. The fraction of sp³-hybridized carbons (Fsp3) is 0.478. The van der Waals surface area contributed by atoms with Crippen LogP contribution in [0.25, 0.3) is 0 Å². The molecule has 0 bridgehead atoms. The van der Waals surface area contributed by atoms with E-state index in [1.54, 1.807) is 4.90 Å². The summed E-state index contributed by atoms with van der Waals surface area (Å²) in [6, 6.07) is 8.07. The average molecular weight is 409 g/mol. The third-order valence-electron chi connectivity index (χ3n) is 6.37. The van der Waals surface area contributed by atoms with Crippen molar-refractivity contribution in [2.24, 2.45) is 0 Å². The summed E-state index contributed by atoms with van der Waals surface area (Å²) in [6.07, 6.45) is 1.30. The van der Waals surface area contributed by atoms with Crippen molar-refractivity contribution in [3.8, 4) is 0 Å². The highest BCUT2D eigenvalue weighted by molar-refractivity contribution is 5.83. The predicted octanol–water partition coefficient (Wildman–Crippen LogP) is 2.10. The van der Waals surface area contributed by atoms with Crippen molar-refractivity contribution in [3.63, 3.8) is 0 Å². The SMILES string of the molecule is CC(=O)N1CCc2c(nc(C3CCN(C(=O)C(C)c4ccc(C)cc4)C3)[nH]c2=O)C1. The van der Waals surface area contributed by atoms with E-state index in [0.717, 1.165) is 12.0 Å². The van der Waals surface area contributed by atoms with Crippen LogP contribution in [-0.4, -0.2) is 51.2 Å². The van der Waals surface area contributed by atoms with Gasteiger partial charge in [0, 0.05) is 38.0 Å². The van der Waals surface area contributed by atoms with E-state index in [1.165, 1.54) is 12.5 Å². The number of likely N-dealkylation sites (tertiary alicyclic amines) is 1. The van der Waals surface area contributed by atoms with E-state index in [-0.39, 0.29) is 29.2 Å². The molecule has 2 aliphatic rings. The number of aromatic nitrogens is 2. The van der Waals surface area contributed by atoms with Gasteiger partial charge in [-0.25, -0.2) is 4.98 Å². The Bertz CT molecular complexity index is 1030. The van der Waals surface area contributed by atoms with Crippen molar-refractivity contribution in [3.05, 3.63) is 62.8 Å². The van der Waals surface area contributed by atoms with Gasteiger partial charge in [-0.1, -0.05) is 29.8 Å². The lowest BCUT2D eigenvalue weighted by Crippen LogP contribution is -2.38. The highest BCUT2D eigenvalue weighted by Gasteiger charge is 2.32. The number of aryl methyl sites for hydroxylation is 1. The monoisotopic (exact) mass is 408 g/mol. The smallest absolute Gasteiger partial charge is 0.254 e. The van der Waals surface area contributed by atoms with Gasteiger partial charge >= 0.3 is 0 Å². The lowest BCUT2D eigenvalue weighted by atomic mass is 9.98. The molecular weight excluding hydrogens is 380 g/mol. The number of amides is 2. The number of nitrogens with zero attached hydrogens (tertiary/aromatic N) is 3. The average Bonchev–Trinajstić information content (AvgIpc) is 3.23. The van der Waals surface area contributed by atoms with Gasteiger partial charge in [0.25, 0.3) is 5.56 Å². The quantitative estimate of drug-likeness (QED) is 0.843. The number of carbonyl (C=O) groups excluding carboxylic acids is 2. The Morgan fingerprint density at radius 3 is 2.60 bits per heavy atom. The van der Waals surface area contributed by atoms with Crippen molar-refractivity contribution in [1.29, 1.82) is 0 Å². The summed E-state index contributed by atoms with van der Waals surface area (Å²) in [5, 5.41) is 0. The number of rotatable bonds is 3. The first kappa shape index (κ1) is 20.3. The van der Waals surface area contributed by atoms with E-state index in [1.807, 2.05) is 43.0 Å². The van der Waals surface area contributed by atoms with E-state index in [0.29, 0.717) is 49.7 Å². The van der Waals surface area contributed by atoms with Crippen LogP contribution in [0.5, 0.6) is 0 Å². The van der Waals surface area contributed by atoms with Crippen LogP contribution in [0, 0.1) is 6.92 Å². The first-order valence-electron chi connectivity index (χ1n) is 10.6. The molecule has 7 heteroatoms. The Kier molecular flexibility index (Phi) is 5.45. The zero-order chi connectivity index (χ0) is 21.4. The summed E-state index contributed by atoms with van der Waals surface area (Å²) in [5.41, 5.74) is 3.43. The maximum Gasteiger partial charge on any atom is 0.254 e. The van der Waals surface area contributed by atoms with Crippen molar-refractivity contribution in [2.45, 2.75) is 52.0 Å². The molecule has 158 valence electrons. The number of H-pyrrole nitrogens is 1. The molecule has 0 radical (unpaired) electrons. The molecule has 0 spiro atoms. The Labute approximate surface area is 176 Å².